The highest BCUT2D eigenvalue weighted by Crippen LogP contribution is 2.24. The predicted octanol–water partition coefficient (Wildman–Crippen LogP) is 2.33. The fraction of sp³-hybridized carbons (Fsp3) is 0.133. The topological polar surface area (TPSA) is 67.5 Å². The van der Waals surface area contributed by atoms with Crippen molar-refractivity contribution in [2.45, 2.75) is 13.3 Å². The van der Waals surface area contributed by atoms with Crippen LogP contribution in [-0.2, 0) is 11.2 Å². The third kappa shape index (κ3) is 2.14. The van der Waals surface area contributed by atoms with E-state index < -0.39 is 5.97 Å². The van der Waals surface area contributed by atoms with Gasteiger partial charge in [0.05, 0.1) is 17.8 Å². The van der Waals surface area contributed by atoms with E-state index >= 15 is 0 Å². The van der Waals surface area contributed by atoms with Crippen LogP contribution < -0.4 is 0 Å². The molecule has 0 radical (unpaired) electrons. The van der Waals surface area contributed by atoms with Gasteiger partial charge in [-0.2, -0.15) is 0 Å². The van der Waals surface area contributed by atoms with E-state index in [0.717, 1.165) is 16.8 Å². The van der Waals surface area contributed by atoms with Crippen LogP contribution in [0.15, 0.2) is 42.9 Å². The molecule has 0 unspecified atom stereocenters. The second-order valence-corrected chi connectivity index (χ2v) is 4.65. The van der Waals surface area contributed by atoms with Gasteiger partial charge in [-0.3, -0.25) is 9.78 Å². The first-order valence-corrected chi connectivity index (χ1v) is 6.25. The summed E-state index contributed by atoms with van der Waals surface area (Å²) >= 11 is 0. The zero-order valence-electron chi connectivity index (χ0n) is 10.9. The summed E-state index contributed by atoms with van der Waals surface area (Å²) in [7, 11) is 0. The van der Waals surface area contributed by atoms with E-state index in [1.165, 1.54) is 0 Å². The zero-order valence-corrected chi connectivity index (χ0v) is 10.9. The molecule has 5 nitrogen and oxygen atoms in total. The number of aliphatic carboxylic acids is 1. The number of fused-ring (bicyclic) bond motifs is 1. The number of hydrogen-bond acceptors (Lipinski definition) is 3. The molecule has 0 saturated heterocycles. The number of pyridine rings is 2. The van der Waals surface area contributed by atoms with Gasteiger partial charge >= 0.3 is 5.97 Å². The lowest BCUT2D eigenvalue weighted by molar-refractivity contribution is -0.136. The molecule has 0 aromatic carbocycles. The molecule has 0 fully saturated rings. The quantitative estimate of drug-likeness (QED) is 0.790. The molecule has 3 rings (SSSR count). The molecule has 0 atom stereocenters. The Morgan fingerprint density at radius 1 is 1.30 bits per heavy atom. The van der Waals surface area contributed by atoms with E-state index in [2.05, 4.69) is 9.97 Å². The van der Waals surface area contributed by atoms with Crippen LogP contribution in [0.25, 0.3) is 16.9 Å². The Morgan fingerprint density at radius 3 is 2.75 bits per heavy atom. The summed E-state index contributed by atoms with van der Waals surface area (Å²) in [5, 5.41) is 9.12. The molecular formula is C15H13N3O2. The van der Waals surface area contributed by atoms with Crippen molar-refractivity contribution in [2.24, 2.45) is 0 Å². The van der Waals surface area contributed by atoms with Gasteiger partial charge in [0.1, 0.15) is 5.65 Å². The molecule has 5 heteroatoms. The lowest BCUT2D eigenvalue weighted by Gasteiger charge is -2.02. The molecule has 3 aromatic heterocycles. The van der Waals surface area contributed by atoms with Crippen molar-refractivity contribution in [3.05, 3.63) is 54.1 Å². The lowest BCUT2D eigenvalue weighted by atomic mass is 10.1. The highest BCUT2D eigenvalue weighted by Gasteiger charge is 2.16. The lowest BCUT2D eigenvalue weighted by Crippen LogP contribution is -2.04. The van der Waals surface area contributed by atoms with E-state index in [9.17, 15) is 4.79 Å². The van der Waals surface area contributed by atoms with E-state index in [-0.39, 0.29) is 6.42 Å². The second-order valence-electron chi connectivity index (χ2n) is 4.65. The third-order valence-corrected chi connectivity index (χ3v) is 3.15. The number of aryl methyl sites for hydroxylation is 1. The minimum atomic E-state index is -0.873. The second kappa shape index (κ2) is 4.77. The van der Waals surface area contributed by atoms with Crippen LogP contribution in [0.2, 0.25) is 0 Å². The fourth-order valence-corrected chi connectivity index (χ4v) is 2.25. The Labute approximate surface area is 115 Å². The van der Waals surface area contributed by atoms with E-state index in [1.807, 2.05) is 41.8 Å². The van der Waals surface area contributed by atoms with Crippen molar-refractivity contribution in [3.63, 3.8) is 0 Å². The number of carboxylic acid groups (broad SMARTS) is 1. The summed E-state index contributed by atoms with van der Waals surface area (Å²) in [6, 6.07) is 7.55. The average molecular weight is 267 g/mol. The van der Waals surface area contributed by atoms with Crippen LogP contribution in [0.3, 0.4) is 0 Å². The Balaban J connectivity index is 2.27. The van der Waals surface area contributed by atoms with Crippen molar-refractivity contribution >= 4 is 11.6 Å². The summed E-state index contributed by atoms with van der Waals surface area (Å²) in [5.74, 6) is -0.873. The van der Waals surface area contributed by atoms with E-state index in [4.69, 9.17) is 5.11 Å². The van der Waals surface area contributed by atoms with E-state index in [1.54, 1.807) is 12.4 Å². The SMILES string of the molecule is Cc1ccn2c(CC(=O)O)c(-c3ccncc3)nc2c1. The maximum Gasteiger partial charge on any atom is 0.309 e. The smallest absolute Gasteiger partial charge is 0.309 e. The van der Waals surface area contributed by atoms with Crippen molar-refractivity contribution in [2.75, 3.05) is 0 Å². The van der Waals surface area contributed by atoms with E-state index in [0.29, 0.717) is 11.4 Å². The van der Waals surface area contributed by atoms with Crippen LogP contribution in [0.4, 0.5) is 0 Å². The van der Waals surface area contributed by atoms with Crippen molar-refractivity contribution in [3.8, 4) is 11.3 Å². The van der Waals surface area contributed by atoms with Gasteiger partial charge in [-0.05, 0) is 36.8 Å². The number of carboxylic acids is 1. The minimum absolute atomic E-state index is 0.0676. The molecule has 0 aliphatic heterocycles. The Kier molecular flexibility index (Phi) is 2.95. The highest BCUT2D eigenvalue weighted by atomic mass is 16.4. The van der Waals surface area contributed by atoms with Gasteiger partial charge in [0, 0.05) is 24.2 Å². The molecule has 3 aromatic rings. The number of aromatic nitrogens is 3. The molecule has 0 amide bonds. The van der Waals surface area contributed by atoms with Gasteiger partial charge in [-0.15, -0.1) is 0 Å². The first-order valence-electron chi connectivity index (χ1n) is 6.25. The molecule has 100 valence electrons. The summed E-state index contributed by atoms with van der Waals surface area (Å²) in [6.07, 6.45) is 5.15. The first-order chi connectivity index (χ1) is 9.65. The van der Waals surface area contributed by atoms with Gasteiger partial charge in [0.15, 0.2) is 0 Å². The molecule has 0 saturated carbocycles. The molecule has 1 N–H and O–H groups in total. The number of imidazole rings is 1. The van der Waals surface area contributed by atoms with Crippen LogP contribution in [0.5, 0.6) is 0 Å². The monoisotopic (exact) mass is 267 g/mol. The predicted molar refractivity (Wildman–Crippen MR) is 74.5 cm³/mol. The van der Waals surface area contributed by atoms with Gasteiger partial charge in [-0.25, -0.2) is 4.98 Å². The van der Waals surface area contributed by atoms with Gasteiger partial charge in [0.25, 0.3) is 0 Å². The van der Waals surface area contributed by atoms with Crippen molar-refractivity contribution < 1.29 is 9.90 Å². The number of hydrogen-bond donors (Lipinski definition) is 1. The largest absolute Gasteiger partial charge is 0.481 e. The average Bonchev–Trinajstić information content (AvgIpc) is 2.77. The van der Waals surface area contributed by atoms with Gasteiger partial charge in [0.2, 0.25) is 0 Å². The molecule has 3 heterocycles. The number of nitrogens with zero attached hydrogens (tertiary/aromatic N) is 3. The first kappa shape index (κ1) is 12.3. The highest BCUT2D eigenvalue weighted by molar-refractivity contribution is 5.76. The molecule has 20 heavy (non-hydrogen) atoms. The molecule has 0 spiro atoms. The molecule has 0 aliphatic rings. The molecular weight excluding hydrogens is 254 g/mol. The Hall–Kier alpha value is -2.69. The summed E-state index contributed by atoms with van der Waals surface area (Å²) in [4.78, 5) is 19.7. The Bertz CT molecular complexity index is 778. The van der Waals surface area contributed by atoms with Crippen molar-refractivity contribution in [1.82, 2.24) is 14.4 Å². The standard InChI is InChI=1S/C15H13N3O2/c1-10-4-7-18-12(9-14(19)20)15(17-13(18)8-10)11-2-5-16-6-3-11/h2-8H,9H2,1H3,(H,19,20). The van der Waals surface area contributed by atoms with Crippen LogP contribution >= 0.6 is 0 Å². The summed E-state index contributed by atoms with van der Waals surface area (Å²) in [5.41, 5.74) is 4.09. The van der Waals surface area contributed by atoms with Gasteiger partial charge in [-0.1, -0.05) is 0 Å². The van der Waals surface area contributed by atoms with Crippen molar-refractivity contribution in [1.29, 1.82) is 0 Å². The zero-order chi connectivity index (χ0) is 14.1. The number of carbonyl (C=O) groups is 1. The minimum Gasteiger partial charge on any atom is -0.481 e. The summed E-state index contributed by atoms with van der Waals surface area (Å²) in [6.45, 7) is 1.98. The third-order valence-electron chi connectivity index (χ3n) is 3.15. The molecule has 0 aliphatic carbocycles. The Morgan fingerprint density at radius 2 is 2.05 bits per heavy atom. The van der Waals surface area contributed by atoms with Crippen LogP contribution in [0, 0.1) is 6.92 Å². The number of rotatable bonds is 3. The maximum atomic E-state index is 11.1. The fourth-order valence-electron chi connectivity index (χ4n) is 2.25. The molecule has 0 bridgehead atoms. The maximum absolute atomic E-state index is 11.1. The van der Waals surface area contributed by atoms with Crippen LogP contribution in [0.1, 0.15) is 11.3 Å². The van der Waals surface area contributed by atoms with Crippen LogP contribution in [-0.4, -0.2) is 25.4 Å². The summed E-state index contributed by atoms with van der Waals surface area (Å²) < 4.78 is 1.83. The van der Waals surface area contributed by atoms with Gasteiger partial charge < -0.3 is 9.51 Å². The normalized spacial score (nSPS) is 10.8.